The van der Waals surface area contributed by atoms with Crippen LogP contribution in [0.3, 0.4) is 0 Å². The molecule has 3 rings (SSSR count). The first-order chi connectivity index (χ1) is 15.5. The van der Waals surface area contributed by atoms with Gasteiger partial charge >= 0.3 is 12.1 Å². The Balaban J connectivity index is 1.80. The van der Waals surface area contributed by atoms with Crippen molar-refractivity contribution in [2.24, 2.45) is 0 Å². The minimum atomic E-state index is -4.98. The molecule has 2 aromatic carbocycles. The number of ether oxygens (including phenoxy) is 3. The molecule has 1 N–H and O–H groups in total. The smallest absolute Gasteiger partial charge is 0.471 e. The third-order valence-corrected chi connectivity index (χ3v) is 6.62. The van der Waals surface area contributed by atoms with Gasteiger partial charge in [0.25, 0.3) is 0 Å². The van der Waals surface area contributed by atoms with E-state index in [2.05, 4.69) is 4.72 Å². The largest absolute Gasteiger partial charge is 0.493 e. The maximum absolute atomic E-state index is 12.8. The molecule has 12 heteroatoms. The molecular formula is C21H23F3N2O6S. The van der Waals surface area contributed by atoms with Gasteiger partial charge in [-0.1, -0.05) is 6.07 Å². The molecule has 33 heavy (non-hydrogen) atoms. The number of sulfonamides is 1. The van der Waals surface area contributed by atoms with Gasteiger partial charge < -0.3 is 19.1 Å². The Morgan fingerprint density at radius 2 is 1.67 bits per heavy atom. The van der Waals surface area contributed by atoms with E-state index in [-0.39, 0.29) is 31.0 Å². The van der Waals surface area contributed by atoms with Gasteiger partial charge in [0.05, 0.1) is 26.2 Å². The first-order valence-electron chi connectivity index (χ1n) is 9.76. The van der Waals surface area contributed by atoms with Crippen molar-refractivity contribution in [2.75, 3.05) is 27.9 Å². The number of alkyl halides is 3. The van der Waals surface area contributed by atoms with Crippen LogP contribution in [0.15, 0.2) is 35.2 Å². The van der Waals surface area contributed by atoms with Gasteiger partial charge in [-0.2, -0.15) is 13.2 Å². The molecule has 0 unspecified atom stereocenters. The predicted octanol–water partition coefficient (Wildman–Crippen LogP) is 2.64. The zero-order chi connectivity index (χ0) is 24.4. The number of hydrogen-bond donors (Lipinski definition) is 1. The summed E-state index contributed by atoms with van der Waals surface area (Å²) >= 11 is 0. The monoisotopic (exact) mass is 488 g/mol. The van der Waals surface area contributed by atoms with Gasteiger partial charge in [-0.15, -0.1) is 0 Å². The number of benzene rings is 2. The van der Waals surface area contributed by atoms with Gasteiger partial charge in [0.1, 0.15) is 0 Å². The summed E-state index contributed by atoms with van der Waals surface area (Å²) in [7, 11) is 0.317. The molecule has 0 bridgehead atoms. The Labute approximate surface area is 189 Å². The van der Waals surface area contributed by atoms with E-state index in [1.54, 1.807) is 18.2 Å². The Morgan fingerprint density at radius 1 is 1.03 bits per heavy atom. The number of nitrogens with one attached hydrogen (secondary N) is 1. The van der Waals surface area contributed by atoms with E-state index in [0.717, 1.165) is 0 Å². The molecule has 8 nitrogen and oxygen atoms in total. The van der Waals surface area contributed by atoms with Crippen LogP contribution in [0.2, 0.25) is 0 Å². The van der Waals surface area contributed by atoms with Crippen molar-refractivity contribution in [1.29, 1.82) is 0 Å². The topological polar surface area (TPSA) is 94.2 Å². The molecule has 0 saturated carbocycles. The normalized spacial score (nSPS) is 13.9. The zero-order valence-corrected chi connectivity index (χ0v) is 19.0. The number of carbonyl (C=O) groups is 1. The highest BCUT2D eigenvalue weighted by Crippen LogP contribution is 2.38. The highest BCUT2D eigenvalue weighted by Gasteiger charge is 2.43. The average molecular weight is 488 g/mol. The molecule has 1 amide bonds. The lowest BCUT2D eigenvalue weighted by atomic mass is 10.00. The summed E-state index contributed by atoms with van der Waals surface area (Å²) in [5.41, 5.74) is 1.59. The van der Waals surface area contributed by atoms with E-state index in [9.17, 15) is 26.4 Å². The molecule has 180 valence electrons. The fourth-order valence-electron chi connectivity index (χ4n) is 3.55. The fourth-order valence-corrected chi connectivity index (χ4v) is 4.62. The number of methoxy groups -OCH3 is 3. The molecule has 1 heterocycles. The van der Waals surface area contributed by atoms with Crippen molar-refractivity contribution in [3.63, 3.8) is 0 Å². The van der Waals surface area contributed by atoms with E-state index in [4.69, 9.17) is 14.2 Å². The molecule has 1 aliphatic rings. The number of carbonyl (C=O) groups excluding carboxylic acids is 1. The van der Waals surface area contributed by atoms with Crippen LogP contribution in [-0.4, -0.2) is 53.3 Å². The van der Waals surface area contributed by atoms with Crippen molar-refractivity contribution < 1.29 is 40.6 Å². The summed E-state index contributed by atoms with van der Waals surface area (Å²) in [5, 5.41) is 0. The summed E-state index contributed by atoms with van der Waals surface area (Å²) in [6.07, 6.45) is -4.78. The lowest BCUT2D eigenvalue weighted by molar-refractivity contribution is -0.186. The second kappa shape index (κ2) is 9.48. The minimum Gasteiger partial charge on any atom is -0.493 e. The van der Waals surface area contributed by atoms with Gasteiger partial charge in [-0.05, 0) is 47.4 Å². The number of rotatable bonds is 7. The van der Waals surface area contributed by atoms with Crippen LogP contribution in [0.5, 0.6) is 17.2 Å². The standard InChI is InChI=1S/C21H23F3N2O6S/c1-30-17-8-13(9-18(31-2)19(17)32-3)11-25-33(28,29)16-5-4-14-6-7-26(12-15(14)10-16)20(27)21(22,23)24/h4-5,8-10,25H,6-7,11-12H2,1-3H3. The van der Waals surface area contributed by atoms with E-state index >= 15 is 0 Å². The first-order valence-corrected chi connectivity index (χ1v) is 11.2. The molecule has 0 aliphatic carbocycles. The van der Waals surface area contributed by atoms with Crippen molar-refractivity contribution in [3.05, 3.63) is 47.0 Å². The van der Waals surface area contributed by atoms with Gasteiger partial charge in [0.2, 0.25) is 15.8 Å². The van der Waals surface area contributed by atoms with Crippen molar-refractivity contribution in [3.8, 4) is 17.2 Å². The third-order valence-electron chi connectivity index (χ3n) is 5.22. The quantitative estimate of drug-likeness (QED) is 0.644. The van der Waals surface area contributed by atoms with E-state index in [1.807, 2.05) is 0 Å². The number of nitrogens with zero attached hydrogens (tertiary/aromatic N) is 1. The van der Waals surface area contributed by atoms with Crippen molar-refractivity contribution >= 4 is 15.9 Å². The van der Waals surface area contributed by atoms with Crippen LogP contribution >= 0.6 is 0 Å². The van der Waals surface area contributed by atoms with Crippen LogP contribution < -0.4 is 18.9 Å². The van der Waals surface area contributed by atoms with Crippen molar-refractivity contribution in [2.45, 2.75) is 30.6 Å². The second-order valence-corrected chi connectivity index (χ2v) is 9.03. The summed E-state index contributed by atoms with van der Waals surface area (Å²) in [4.78, 5) is 12.1. The van der Waals surface area contributed by atoms with Crippen molar-refractivity contribution in [1.82, 2.24) is 9.62 Å². The number of fused-ring (bicyclic) bond motifs is 1. The molecular weight excluding hydrogens is 465 g/mol. The van der Waals surface area contributed by atoms with Gasteiger partial charge in [-0.25, -0.2) is 13.1 Å². The molecule has 0 saturated heterocycles. The predicted molar refractivity (Wildman–Crippen MR) is 112 cm³/mol. The number of halogens is 3. The van der Waals surface area contributed by atoms with Gasteiger partial charge in [0, 0.05) is 19.6 Å². The minimum absolute atomic E-state index is 0.0865. The number of hydrogen-bond acceptors (Lipinski definition) is 6. The summed E-state index contributed by atoms with van der Waals surface area (Å²) in [5.74, 6) is -0.871. The summed E-state index contributed by atoms with van der Waals surface area (Å²) < 4.78 is 82.2. The molecule has 0 fully saturated rings. The molecule has 0 aromatic heterocycles. The van der Waals surface area contributed by atoms with Gasteiger partial charge in [0.15, 0.2) is 11.5 Å². The van der Waals surface area contributed by atoms with Crippen LogP contribution in [0.25, 0.3) is 0 Å². The summed E-state index contributed by atoms with van der Waals surface area (Å²) in [6.45, 7) is -0.504. The molecule has 1 aliphatic heterocycles. The fraction of sp³-hybridized carbons (Fsp3) is 0.381. The van der Waals surface area contributed by atoms with E-state index in [1.165, 1.54) is 33.5 Å². The van der Waals surface area contributed by atoms with Gasteiger partial charge in [-0.3, -0.25) is 4.79 Å². The Kier molecular flexibility index (Phi) is 7.08. The Hall–Kier alpha value is -2.99. The molecule has 0 spiro atoms. The zero-order valence-electron chi connectivity index (χ0n) is 18.2. The van der Waals surface area contributed by atoms with Crippen LogP contribution in [-0.2, 0) is 34.3 Å². The lowest BCUT2D eigenvalue weighted by Crippen LogP contribution is -2.43. The van der Waals surface area contributed by atoms with Crippen LogP contribution in [0, 0.1) is 0 Å². The molecule has 2 aromatic rings. The van der Waals surface area contributed by atoms with E-state index < -0.39 is 22.1 Å². The highest BCUT2D eigenvalue weighted by atomic mass is 32.2. The van der Waals surface area contributed by atoms with E-state index in [0.29, 0.717) is 38.8 Å². The average Bonchev–Trinajstić information content (AvgIpc) is 2.80. The van der Waals surface area contributed by atoms with Crippen LogP contribution in [0.1, 0.15) is 16.7 Å². The summed E-state index contributed by atoms with van der Waals surface area (Å²) in [6, 6.07) is 7.42. The van der Waals surface area contributed by atoms with Crippen LogP contribution in [0.4, 0.5) is 13.2 Å². The maximum Gasteiger partial charge on any atom is 0.471 e. The maximum atomic E-state index is 12.8. The lowest BCUT2D eigenvalue weighted by Gasteiger charge is -2.29. The molecule has 0 radical (unpaired) electrons. The number of amides is 1. The third kappa shape index (κ3) is 5.33. The SMILES string of the molecule is COc1cc(CNS(=O)(=O)c2ccc3c(c2)CN(C(=O)C(F)(F)F)CC3)cc(OC)c1OC. The highest BCUT2D eigenvalue weighted by molar-refractivity contribution is 7.89. The molecule has 0 atom stereocenters. The second-order valence-electron chi connectivity index (χ2n) is 7.26. The Bertz CT molecular complexity index is 1130. The first kappa shape index (κ1) is 24.6. The Morgan fingerprint density at radius 3 is 2.21 bits per heavy atom.